The number of nitrogens with one attached hydrogen (secondary N) is 1. The first-order valence-corrected chi connectivity index (χ1v) is 10.7. The largest absolute Gasteiger partial charge is 0.322 e. The van der Waals surface area contributed by atoms with Crippen LogP contribution in [0, 0.1) is 0 Å². The van der Waals surface area contributed by atoms with E-state index in [0.29, 0.717) is 33.1 Å². The molecule has 4 rings (SSSR count). The highest BCUT2D eigenvalue weighted by atomic mass is 35.5. The molecule has 162 valence electrons. The van der Waals surface area contributed by atoms with Gasteiger partial charge in [0.2, 0.25) is 0 Å². The zero-order valence-corrected chi connectivity index (χ0v) is 18.9. The molecule has 0 aliphatic rings. The third-order valence-corrected chi connectivity index (χ3v) is 6.10. The van der Waals surface area contributed by atoms with Gasteiger partial charge in [-0.3, -0.25) is 9.36 Å². The third kappa shape index (κ3) is 4.07. The fraction of sp³-hybridized carbons (Fsp3) is 0.125. The molecule has 0 saturated heterocycles. The molecule has 4 aromatic rings. The number of urea groups is 1. The Labute approximate surface area is 195 Å². The minimum absolute atomic E-state index is 0.199. The van der Waals surface area contributed by atoms with Crippen LogP contribution in [0.25, 0.3) is 16.6 Å². The van der Waals surface area contributed by atoms with E-state index in [1.165, 1.54) is 4.90 Å². The number of carbonyl (C=O) groups is 1. The van der Waals surface area contributed by atoms with Crippen molar-refractivity contribution in [3.63, 3.8) is 0 Å². The number of amides is 2. The molecule has 6 nitrogen and oxygen atoms in total. The number of rotatable bonds is 4. The van der Waals surface area contributed by atoms with Gasteiger partial charge in [-0.25, -0.2) is 9.78 Å². The van der Waals surface area contributed by atoms with E-state index in [-0.39, 0.29) is 10.6 Å². The Morgan fingerprint density at radius 3 is 2.44 bits per heavy atom. The summed E-state index contributed by atoms with van der Waals surface area (Å²) in [6.45, 7) is 1.81. The van der Waals surface area contributed by atoms with Gasteiger partial charge in [0.25, 0.3) is 5.56 Å². The molecule has 0 aliphatic heterocycles. The molecule has 1 aromatic heterocycles. The highest BCUT2D eigenvalue weighted by Crippen LogP contribution is 2.30. The molecule has 32 heavy (non-hydrogen) atoms. The fourth-order valence-electron chi connectivity index (χ4n) is 3.41. The molecule has 0 spiro atoms. The molecule has 8 heteroatoms. The van der Waals surface area contributed by atoms with Gasteiger partial charge in [-0.2, -0.15) is 0 Å². The summed E-state index contributed by atoms with van der Waals surface area (Å²) in [5.74, 6) is 0.440. The van der Waals surface area contributed by atoms with Gasteiger partial charge in [-0.15, -0.1) is 0 Å². The Morgan fingerprint density at radius 2 is 1.69 bits per heavy atom. The Bertz CT molecular complexity index is 1360. The predicted molar refractivity (Wildman–Crippen MR) is 129 cm³/mol. The van der Waals surface area contributed by atoms with Crippen LogP contribution < -0.4 is 10.9 Å². The van der Waals surface area contributed by atoms with Crippen LogP contribution in [0.1, 0.15) is 18.8 Å². The van der Waals surface area contributed by atoms with E-state index in [1.807, 2.05) is 43.3 Å². The maximum absolute atomic E-state index is 13.4. The summed E-state index contributed by atoms with van der Waals surface area (Å²) >= 11 is 12.3. The number of anilines is 1. The second-order valence-electron chi connectivity index (χ2n) is 7.28. The van der Waals surface area contributed by atoms with Gasteiger partial charge in [0.15, 0.2) is 0 Å². The van der Waals surface area contributed by atoms with E-state index < -0.39 is 12.1 Å². The molecule has 0 saturated carbocycles. The Hall–Kier alpha value is -3.35. The van der Waals surface area contributed by atoms with E-state index in [9.17, 15) is 9.59 Å². The lowest BCUT2D eigenvalue weighted by molar-refractivity contribution is 0.205. The maximum Gasteiger partial charge on any atom is 0.322 e. The van der Waals surface area contributed by atoms with Gasteiger partial charge in [-0.1, -0.05) is 59.6 Å². The average molecular weight is 467 g/mol. The van der Waals surface area contributed by atoms with Gasteiger partial charge < -0.3 is 10.2 Å². The minimum atomic E-state index is -0.537. The summed E-state index contributed by atoms with van der Waals surface area (Å²) < 4.78 is 1.54. The Kier molecular flexibility index (Phi) is 6.17. The van der Waals surface area contributed by atoms with Crippen molar-refractivity contribution in [1.82, 2.24) is 14.5 Å². The molecule has 1 unspecified atom stereocenters. The first-order valence-electron chi connectivity index (χ1n) is 9.93. The van der Waals surface area contributed by atoms with Crippen LogP contribution in [0.2, 0.25) is 10.0 Å². The first kappa shape index (κ1) is 21.9. The molecule has 1 N–H and O–H groups in total. The monoisotopic (exact) mass is 466 g/mol. The second kappa shape index (κ2) is 9.02. The number of hydrogen-bond donors (Lipinski definition) is 1. The number of nitrogens with zero attached hydrogens (tertiary/aromatic N) is 3. The standard InChI is InChI=1S/C24H20Cl2N4O2/c1-15(29(2)24(32)28-20-14-8-12-18(25)21(20)26)22-27-19-13-7-6-11-17(19)23(31)30(22)16-9-4-3-5-10-16/h3-15H,1-2H3,(H,28,32). The number of benzene rings is 3. The van der Waals surface area contributed by atoms with E-state index in [2.05, 4.69) is 5.32 Å². The van der Waals surface area contributed by atoms with Crippen molar-refractivity contribution < 1.29 is 4.79 Å². The lowest BCUT2D eigenvalue weighted by Crippen LogP contribution is -2.37. The highest BCUT2D eigenvalue weighted by Gasteiger charge is 2.24. The van der Waals surface area contributed by atoms with Gasteiger partial charge >= 0.3 is 6.03 Å². The second-order valence-corrected chi connectivity index (χ2v) is 8.07. The molecule has 3 aromatic carbocycles. The topological polar surface area (TPSA) is 67.2 Å². The first-order chi connectivity index (χ1) is 15.4. The van der Waals surface area contributed by atoms with Crippen molar-refractivity contribution in [2.45, 2.75) is 13.0 Å². The molecule has 0 aliphatic carbocycles. The summed E-state index contributed by atoms with van der Waals surface area (Å²) in [6.07, 6.45) is 0. The molecule has 0 fully saturated rings. The average Bonchev–Trinajstić information content (AvgIpc) is 2.81. The van der Waals surface area contributed by atoms with E-state index in [1.54, 1.807) is 48.0 Å². The van der Waals surface area contributed by atoms with E-state index >= 15 is 0 Å². The van der Waals surface area contributed by atoms with Gasteiger partial charge in [-0.05, 0) is 43.3 Å². The Morgan fingerprint density at radius 1 is 1.00 bits per heavy atom. The number of carbonyl (C=O) groups excluding carboxylic acids is 1. The lowest BCUT2D eigenvalue weighted by atomic mass is 10.2. The quantitative estimate of drug-likeness (QED) is 0.405. The lowest BCUT2D eigenvalue weighted by Gasteiger charge is -2.27. The van der Waals surface area contributed by atoms with E-state index in [4.69, 9.17) is 28.2 Å². The SMILES string of the molecule is CC(c1nc2ccccc2c(=O)n1-c1ccccc1)N(C)C(=O)Nc1cccc(Cl)c1Cl. The smallest absolute Gasteiger partial charge is 0.318 e. The fourth-order valence-corrected chi connectivity index (χ4v) is 3.76. The normalized spacial score (nSPS) is 11.9. The molecule has 0 radical (unpaired) electrons. The summed E-state index contributed by atoms with van der Waals surface area (Å²) in [7, 11) is 1.63. The third-order valence-electron chi connectivity index (χ3n) is 5.28. The number of halogens is 2. The van der Waals surface area contributed by atoms with Crippen LogP contribution in [0.5, 0.6) is 0 Å². The maximum atomic E-state index is 13.4. The van der Waals surface area contributed by atoms with E-state index in [0.717, 1.165) is 0 Å². The zero-order valence-electron chi connectivity index (χ0n) is 17.4. The highest BCUT2D eigenvalue weighted by molar-refractivity contribution is 6.43. The van der Waals surface area contributed by atoms with Crippen LogP contribution >= 0.6 is 23.2 Å². The molecule has 2 amide bonds. The van der Waals surface area contributed by atoms with Crippen molar-refractivity contribution in [3.05, 3.63) is 99.0 Å². The number of para-hydroxylation sites is 2. The van der Waals surface area contributed by atoms with Crippen molar-refractivity contribution in [3.8, 4) is 5.69 Å². The summed E-state index contributed by atoms with van der Waals surface area (Å²) in [5, 5.41) is 3.87. The number of aromatic nitrogens is 2. The van der Waals surface area contributed by atoms with Crippen molar-refractivity contribution in [1.29, 1.82) is 0 Å². The minimum Gasteiger partial charge on any atom is -0.318 e. The van der Waals surface area contributed by atoms with Crippen molar-refractivity contribution in [2.24, 2.45) is 0 Å². The predicted octanol–water partition coefficient (Wildman–Crippen LogP) is 5.92. The molecular weight excluding hydrogens is 447 g/mol. The van der Waals surface area contributed by atoms with Crippen LogP contribution in [-0.2, 0) is 0 Å². The summed E-state index contributed by atoms with van der Waals surface area (Å²) in [5.41, 5.74) is 1.44. The van der Waals surface area contributed by atoms with Crippen LogP contribution in [0.15, 0.2) is 77.6 Å². The summed E-state index contributed by atoms with van der Waals surface area (Å²) in [4.78, 5) is 32.6. The number of fused-ring (bicyclic) bond motifs is 1. The zero-order chi connectivity index (χ0) is 22.8. The van der Waals surface area contributed by atoms with Gasteiger partial charge in [0, 0.05) is 7.05 Å². The Balaban J connectivity index is 1.77. The van der Waals surface area contributed by atoms with Crippen LogP contribution in [0.3, 0.4) is 0 Å². The van der Waals surface area contributed by atoms with Gasteiger partial charge in [0.1, 0.15) is 5.82 Å². The molecule has 0 bridgehead atoms. The molecule has 1 heterocycles. The van der Waals surface area contributed by atoms with Crippen molar-refractivity contribution in [2.75, 3.05) is 12.4 Å². The molecular formula is C24H20Cl2N4O2. The van der Waals surface area contributed by atoms with Crippen LogP contribution in [-0.4, -0.2) is 27.5 Å². The number of hydrogen-bond acceptors (Lipinski definition) is 3. The van der Waals surface area contributed by atoms with Crippen molar-refractivity contribution >= 4 is 45.8 Å². The van der Waals surface area contributed by atoms with Crippen LogP contribution in [0.4, 0.5) is 10.5 Å². The van der Waals surface area contributed by atoms with Gasteiger partial charge in [0.05, 0.1) is 38.4 Å². The summed E-state index contributed by atoms with van der Waals surface area (Å²) in [6, 6.07) is 20.5. The molecule has 1 atom stereocenters.